The maximum atomic E-state index is 9.24. The summed E-state index contributed by atoms with van der Waals surface area (Å²) in [5, 5.41) is 9.24. The molecule has 1 saturated heterocycles. The van der Waals surface area contributed by atoms with Gasteiger partial charge < -0.3 is 14.6 Å². The molecule has 1 aliphatic rings. The van der Waals surface area contributed by atoms with E-state index in [0.29, 0.717) is 5.75 Å². The quantitative estimate of drug-likeness (QED) is 0.896. The fourth-order valence-corrected chi connectivity index (χ4v) is 3.03. The lowest BCUT2D eigenvalue weighted by Crippen LogP contribution is -2.23. The fraction of sp³-hybridized carbons (Fsp3) is 0.538. The SMILES string of the molecule is COc1c(CO)cccc1OC1CCCSC1. The summed E-state index contributed by atoms with van der Waals surface area (Å²) < 4.78 is 11.3. The van der Waals surface area contributed by atoms with Gasteiger partial charge in [0.2, 0.25) is 0 Å². The zero-order valence-corrected chi connectivity index (χ0v) is 10.8. The van der Waals surface area contributed by atoms with Crippen molar-refractivity contribution in [3.05, 3.63) is 23.8 Å². The molecule has 0 amide bonds. The molecule has 3 nitrogen and oxygen atoms in total. The molecule has 1 N–H and O–H groups in total. The van der Waals surface area contributed by atoms with Crippen LogP contribution in [-0.4, -0.2) is 29.8 Å². The molecular weight excluding hydrogens is 236 g/mol. The summed E-state index contributed by atoms with van der Waals surface area (Å²) in [5.41, 5.74) is 0.772. The van der Waals surface area contributed by atoms with Crippen LogP contribution in [0.25, 0.3) is 0 Å². The number of thioether (sulfide) groups is 1. The largest absolute Gasteiger partial charge is 0.492 e. The Morgan fingerprint density at radius 1 is 1.47 bits per heavy atom. The molecule has 2 rings (SSSR count). The van der Waals surface area contributed by atoms with Crippen molar-refractivity contribution >= 4 is 11.8 Å². The lowest BCUT2D eigenvalue weighted by molar-refractivity contribution is 0.199. The summed E-state index contributed by atoms with van der Waals surface area (Å²) in [5.74, 6) is 3.66. The molecule has 1 fully saturated rings. The van der Waals surface area contributed by atoms with Crippen molar-refractivity contribution in [1.29, 1.82) is 0 Å². The summed E-state index contributed by atoms with van der Waals surface area (Å²) in [7, 11) is 1.61. The zero-order valence-electron chi connectivity index (χ0n) is 10.0. The number of para-hydroxylation sites is 1. The molecule has 0 radical (unpaired) electrons. The van der Waals surface area contributed by atoms with E-state index in [2.05, 4.69) is 0 Å². The molecule has 0 bridgehead atoms. The van der Waals surface area contributed by atoms with E-state index >= 15 is 0 Å². The summed E-state index contributed by atoms with van der Waals surface area (Å²) in [6.45, 7) is -0.0280. The van der Waals surface area contributed by atoms with E-state index in [-0.39, 0.29) is 12.7 Å². The molecule has 17 heavy (non-hydrogen) atoms. The van der Waals surface area contributed by atoms with Crippen LogP contribution in [0, 0.1) is 0 Å². The molecule has 1 aromatic carbocycles. The molecular formula is C13H18O3S. The zero-order chi connectivity index (χ0) is 12.1. The Hall–Kier alpha value is -0.870. The van der Waals surface area contributed by atoms with Crippen LogP contribution in [0.2, 0.25) is 0 Å². The Labute approximate surface area is 106 Å². The van der Waals surface area contributed by atoms with Gasteiger partial charge in [-0.05, 0) is 24.7 Å². The van der Waals surface area contributed by atoms with Gasteiger partial charge in [-0.1, -0.05) is 12.1 Å². The van der Waals surface area contributed by atoms with Crippen molar-refractivity contribution in [2.24, 2.45) is 0 Å². The molecule has 1 aromatic rings. The van der Waals surface area contributed by atoms with Crippen LogP contribution in [0.15, 0.2) is 18.2 Å². The molecule has 1 unspecified atom stereocenters. The third kappa shape index (κ3) is 3.07. The number of methoxy groups -OCH3 is 1. The number of ether oxygens (including phenoxy) is 2. The van der Waals surface area contributed by atoms with Crippen LogP contribution >= 0.6 is 11.8 Å². The van der Waals surface area contributed by atoms with Gasteiger partial charge >= 0.3 is 0 Å². The highest BCUT2D eigenvalue weighted by molar-refractivity contribution is 7.99. The highest BCUT2D eigenvalue weighted by Crippen LogP contribution is 2.33. The predicted octanol–water partition coefficient (Wildman–Crippen LogP) is 2.46. The number of benzene rings is 1. The van der Waals surface area contributed by atoms with Gasteiger partial charge in [-0.2, -0.15) is 11.8 Å². The summed E-state index contributed by atoms with van der Waals surface area (Å²) in [4.78, 5) is 0. The summed E-state index contributed by atoms with van der Waals surface area (Å²) in [6.07, 6.45) is 2.56. The first kappa shape index (κ1) is 12.6. The van der Waals surface area contributed by atoms with Crippen molar-refractivity contribution in [3.8, 4) is 11.5 Å². The van der Waals surface area contributed by atoms with Gasteiger partial charge in [-0.25, -0.2) is 0 Å². The number of hydrogen-bond donors (Lipinski definition) is 1. The van der Waals surface area contributed by atoms with Crippen molar-refractivity contribution < 1.29 is 14.6 Å². The van der Waals surface area contributed by atoms with Gasteiger partial charge in [0.05, 0.1) is 13.7 Å². The molecule has 1 atom stereocenters. The molecule has 0 saturated carbocycles. The maximum absolute atomic E-state index is 9.24. The van der Waals surface area contributed by atoms with Crippen molar-refractivity contribution in [3.63, 3.8) is 0 Å². The number of rotatable bonds is 4. The second-order valence-corrected chi connectivity index (χ2v) is 5.21. The molecule has 4 heteroatoms. The van der Waals surface area contributed by atoms with E-state index in [1.807, 2.05) is 30.0 Å². The Morgan fingerprint density at radius 2 is 2.35 bits per heavy atom. The lowest BCUT2D eigenvalue weighted by Gasteiger charge is -2.24. The Bertz CT molecular complexity index is 362. The molecule has 0 spiro atoms. The standard InChI is InChI=1S/C13H18O3S/c1-15-13-10(8-14)4-2-6-12(13)16-11-5-3-7-17-9-11/h2,4,6,11,14H,3,5,7-9H2,1H3. The summed E-state index contributed by atoms with van der Waals surface area (Å²) in [6, 6.07) is 5.64. The van der Waals surface area contributed by atoms with Crippen LogP contribution in [0.5, 0.6) is 11.5 Å². The second kappa shape index (κ2) is 6.17. The minimum absolute atomic E-state index is 0.0280. The highest BCUT2D eigenvalue weighted by atomic mass is 32.2. The highest BCUT2D eigenvalue weighted by Gasteiger charge is 2.18. The number of aliphatic hydroxyl groups is 1. The Morgan fingerprint density at radius 3 is 3.00 bits per heavy atom. The van der Waals surface area contributed by atoms with Gasteiger partial charge in [0.15, 0.2) is 11.5 Å². The average Bonchev–Trinajstić information content (AvgIpc) is 2.39. The van der Waals surface area contributed by atoms with Crippen molar-refractivity contribution in [2.75, 3.05) is 18.6 Å². The Balaban J connectivity index is 2.13. The molecule has 1 aliphatic heterocycles. The first-order chi connectivity index (χ1) is 8.35. The third-order valence-corrected chi connectivity index (χ3v) is 4.03. The van der Waals surface area contributed by atoms with Crippen LogP contribution in [0.1, 0.15) is 18.4 Å². The second-order valence-electron chi connectivity index (χ2n) is 4.06. The minimum Gasteiger partial charge on any atom is -0.492 e. The number of hydrogen-bond acceptors (Lipinski definition) is 4. The van der Waals surface area contributed by atoms with Crippen molar-refractivity contribution in [1.82, 2.24) is 0 Å². The van der Waals surface area contributed by atoms with Gasteiger partial charge in [0.25, 0.3) is 0 Å². The first-order valence-electron chi connectivity index (χ1n) is 5.86. The summed E-state index contributed by atoms with van der Waals surface area (Å²) >= 11 is 1.93. The van der Waals surface area contributed by atoms with Crippen LogP contribution in [-0.2, 0) is 6.61 Å². The van der Waals surface area contributed by atoms with E-state index in [1.54, 1.807) is 7.11 Å². The van der Waals surface area contributed by atoms with Crippen LogP contribution < -0.4 is 9.47 Å². The smallest absolute Gasteiger partial charge is 0.166 e. The third-order valence-electron chi connectivity index (χ3n) is 2.85. The minimum atomic E-state index is -0.0280. The first-order valence-corrected chi connectivity index (χ1v) is 7.01. The molecule has 0 aromatic heterocycles. The predicted molar refractivity (Wildman–Crippen MR) is 69.9 cm³/mol. The average molecular weight is 254 g/mol. The van der Waals surface area contributed by atoms with Gasteiger partial charge in [0, 0.05) is 11.3 Å². The molecule has 94 valence electrons. The van der Waals surface area contributed by atoms with E-state index in [1.165, 1.54) is 12.2 Å². The normalized spacial score (nSPS) is 20.0. The van der Waals surface area contributed by atoms with E-state index in [4.69, 9.17) is 9.47 Å². The van der Waals surface area contributed by atoms with E-state index in [0.717, 1.165) is 23.5 Å². The maximum Gasteiger partial charge on any atom is 0.166 e. The van der Waals surface area contributed by atoms with Crippen molar-refractivity contribution in [2.45, 2.75) is 25.6 Å². The Kier molecular flexibility index (Phi) is 4.57. The topological polar surface area (TPSA) is 38.7 Å². The monoisotopic (exact) mass is 254 g/mol. The molecule has 1 heterocycles. The number of aliphatic hydroxyl groups excluding tert-OH is 1. The fourth-order valence-electron chi connectivity index (χ4n) is 1.99. The van der Waals surface area contributed by atoms with Gasteiger partial charge in [0.1, 0.15) is 6.10 Å². The van der Waals surface area contributed by atoms with E-state index < -0.39 is 0 Å². The van der Waals surface area contributed by atoms with Crippen LogP contribution in [0.4, 0.5) is 0 Å². The molecule has 0 aliphatic carbocycles. The van der Waals surface area contributed by atoms with Crippen LogP contribution in [0.3, 0.4) is 0 Å². The van der Waals surface area contributed by atoms with E-state index in [9.17, 15) is 5.11 Å². The van der Waals surface area contributed by atoms with Gasteiger partial charge in [-0.15, -0.1) is 0 Å². The van der Waals surface area contributed by atoms with Gasteiger partial charge in [-0.3, -0.25) is 0 Å². The lowest BCUT2D eigenvalue weighted by atomic mass is 10.2.